The minimum atomic E-state index is -0.399. The molecule has 2 aromatic carbocycles. The number of rotatable bonds is 4. The first-order valence-corrected chi connectivity index (χ1v) is 10.9. The lowest BCUT2D eigenvalue weighted by Crippen LogP contribution is -2.36. The van der Waals surface area contributed by atoms with Gasteiger partial charge in [0.25, 0.3) is 11.8 Å². The molecule has 2 heterocycles. The second kappa shape index (κ2) is 9.27. The van der Waals surface area contributed by atoms with E-state index < -0.39 is 5.82 Å². The van der Waals surface area contributed by atoms with Crippen molar-refractivity contribution < 1.29 is 14.0 Å². The van der Waals surface area contributed by atoms with E-state index in [4.69, 9.17) is 28.2 Å². The molecular weight excluding hydrogens is 452 g/mol. The van der Waals surface area contributed by atoms with Crippen molar-refractivity contribution in [3.63, 3.8) is 0 Å². The Labute approximate surface area is 195 Å². The minimum absolute atomic E-state index is 0.230. The van der Waals surface area contributed by atoms with E-state index in [1.807, 2.05) is 13.0 Å². The van der Waals surface area contributed by atoms with Gasteiger partial charge in [0.15, 0.2) is 0 Å². The number of hydrogen-bond donors (Lipinski definition) is 1. The average Bonchev–Trinajstić information content (AvgIpc) is 2.80. The number of amides is 2. The monoisotopic (exact) mass is 471 g/mol. The van der Waals surface area contributed by atoms with E-state index in [1.54, 1.807) is 29.2 Å². The van der Waals surface area contributed by atoms with Crippen LogP contribution in [0.3, 0.4) is 0 Å². The van der Waals surface area contributed by atoms with Gasteiger partial charge in [-0.2, -0.15) is 0 Å². The fourth-order valence-electron chi connectivity index (χ4n) is 3.69. The molecule has 0 radical (unpaired) electrons. The van der Waals surface area contributed by atoms with Crippen LogP contribution >= 0.6 is 23.2 Å². The number of hydrogen-bond acceptors (Lipinski definition) is 3. The number of pyridine rings is 1. The van der Waals surface area contributed by atoms with Crippen molar-refractivity contribution in [3.8, 4) is 0 Å². The van der Waals surface area contributed by atoms with Crippen molar-refractivity contribution in [2.75, 3.05) is 11.4 Å². The van der Waals surface area contributed by atoms with Crippen molar-refractivity contribution >= 4 is 40.7 Å². The molecule has 2 amide bonds. The highest BCUT2D eigenvalue weighted by Crippen LogP contribution is 2.32. The van der Waals surface area contributed by atoms with Gasteiger partial charge in [-0.1, -0.05) is 29.3 Å². The number of nitrogens with zero attached hydrogens (tertiary/aromatic N) is 2. The third kappa shape index (κ3) is 4.47. The Morgan fingerprint density at radius 3 is 2.59 bits per heavy atom. The Morgan fingerprint density at radius 2 is 1.84 bits per heavy atom. The predicted octanol–water partition coefficient (Wildman–Crippen LogP) is 5.61. The zero-order valence-corrected chi connectivity index (χ0v) is 18.8. The van der Waals surface area contributed by atoms with Crippen LogP contribution in [0.4, 0.5) is 10.1 Å². The number of carbonyl (C=O) groups is 2. The van der Waals surface area contributed by atoms with Crippen LogP contribution in [-0.4, -0.2) is 23.3 Å². The van der Waals surface area contributed by atoms with E-state index in [0.29, 0.717) is 28.4 Å². The van der Waals surface area contributed by atoms with Crippen molar-refractivity contribution in [3.05, 3.63) is 93.0 Å². The summed E-state index contributed by atoms with van der Waals surface area (Å²) in [5.74, 6) is -0.945. The Bertz CT molecular complexity index is 1180. The smallest absolute Gasteiger partial charge is 0.259 e. The molecule has 1 aliphatic heterocycles. The van der Waals surface area contributed by atoms with Crippen LogP contribution in [-0.2, 0) is 6.42 Å². The van der Waals surface area contributed by atoms with Gasteiger partial charge in [-0.25, -0.2) is 4.39 Å². The van der Waals surface area contributed by atoms with Crippen LogP contribution in [0.5, 0.6) is 0 Å². The summed E-state index contributed by atoms with van der Waals surface area (Å²) in [6.45, 7) is 2.38. The van der Waals surface area contributed by atoms with Gasteiger partial charge in [-0.15, -0.1) is 0 Å². The molecule has 8 heteroatoms. The minimum Gasteiger partial charge on any atom is -0.344 e. The maximum absolute atomic E-state index is 13.2. The van der Waals surface area contributed by atoms with E-state index in [0.717, 1.165) is 24.2 Å². The highest BCUT2D eigenvalue weighted by Gasteiger charge is 2.27. The normalized spacial score (nSPS) is 13.9. The number of halogens is 3. The van der Waals surface area contributed by atoms with Crippen molar-refractivity contribution in [2.24, 2.45) is 0 Å². The Hall–Kier alpha value is -2.96. The molecule has 5 nitrogen and oxygen atoms in total. The Morgan fingerprint density at radius 1 is 1.09 bits per heavy atom. The number of nitrogens with one attached hydrogen (secondary N) is 1. The molecule has 1 aromatic heterocycles. The van der Waals surface area contributed by atoms with Crippen LogP contribution in [0.25, 0.3) is 0 Å². The molecule has 1 N–H and O–H groups in total. The summed E-state index contributed by atoms with van der Waals surface area (Å²) in [7, 11) is 0. The standard InChI is InChI=1S/C24H20Cl2FN3O2/c1-14(28-23(31)15-7-9-16(27)10-8-15)19-11-12-21-20(29-19)6-3-13-30(21)24(32)17-4-2-5-18(25)22(17)26/h2,4-5,7-12,14H,3,6,13H2,1H3,(H,28,31). The zero-order chi connectivity index (χ0) is 22.8. The molecule has 3 aromatic rings. The van der Waals surface area contributed by atoms with Crippen LogP contribution in [0.15, 0.2) is 54.6 Å². The number of benzene rings is 2. The van der Waals surface area contributed by atoms with Crippen molar-refractivity contribution in [2.45, 2.75) is 25.8 Å². The molecule has 1 atom stereocenters. The fraction of sp³-hybridized carbons (Fsp3) is 0.208. The van der Waals surface area contributed by atoms with Gasteiger partial charge in [0.2, 0.25) is 0 Å². The van der Waals surface area contributed by atoms with Crippen molar-refractivity contribution in [1.29, 1.82) is 0 Å². The molecule has 0 bridgehead atoms. The summed E-state index contributed by atoms with van der Waals surface area (Å²) in [5, 5.41) is 3.43. The van der Waals surface area contributed by atoms with Gasteiger partial charge >= 0.3 is 0 Å². The van der Waals surface area contributed by atoms with Crippen LogP contribution < -0.4 is 10.2 Å². The molecule has 1 unspecified atom stereocenters. The first-order valence-electron chi connectivity index (χ1n) is 10.2. The highest BCUT2D eigenvalue weighted by atomic mass is 35.5. The molecule has 0 spiro atoms. The lowest BCUT2D eigenvalue weighted by molar-refractivity contribution is 0.0938. The maximum atomic E-state index is 13.2. The van der Waals surface area contributed by atoms with Crippen LogP contribution in [0.1, 0.15) is 51.5 Å². The molecule has 1 aliphatic rings. The van der Waals surface area contributed by atoms with E-state index in [9.17, 15) is 14.0 Å². The summed E-state index contributed by atoms with van der Waals surface area (Å²) < 4.78 is 13.1. The van der Waals surface area contributed by atoms with Gasteiger partial charge in [0, 0.05) is 12.1 Å². The summed E-state index contributed by atoms with van der Waals surface area (Å²) in [5.41, 5.74) is 2.89. The first-order chi connectivity index (χ1) is 15.3. The average molecular weight is 472 g/mol. The van der Waals surface area contributed by atoms with Crippen LogP contribution in [0, 0.1) is 5.82 Å². The molecule has 0 aliphatic carbocycles. The Balaban J connectivity index is 1.55. The zero-order valence-electron chi connectivity index (χ0n) is 17.2. The molecule has 4 rings (SSSR count). The van der Waals surface area contributed by atoms with E-state index in [-0.39, 0.29) is 22.9 Å². The summed E-state index contributed by atoms with van der Waals surface area (Å²) in [6, 6.07) is 13.6. The van der Waals surface area contributed by atoms with Gasteiger partial charge in [-0.3, -0.25) is 14.6 Å². The largest absolute Gasteiger partial charge is 0.344 e. The Kier molecular flexibility index (Phi) is 6.44. The third-order valence-corrected chi connectivity index (χ3v) is 6.20. The SMILES string of the molecule is CC(NC(=O)c1ccc(F)cc1)c1ccc2c(n1)CCCN2C(=O)c1cccc(Cl)c1Cl. The van der Waals surface area contributed by atoms with Gasteiger partial charge in [0.1, 0.15) is 5.82 Å². The topological polar surface area (TPSA) is 62.3 Å². The van der Waals surface area contributed by atoms with Gasteiger partial charge in [-0.05, 0) is 68.3 Å². The summed E-state index contributed by atoms with van der Waals surface area (Å²) in [6.07, 6.45) is 1.47. The van der Waals surface area contributed by atoms with Gasteiger partial charge in [0.05, 0.1) is 38.7 Å². The fourth-order valence-corrected chi connectivity index (χ4v) is 4.07. The molecular formula is C24H20Cl2FN3O2. The second-order valence-electron chi connectivity index (χ2n) is 7.57. The van der Waals surface area contributed by atoms with Crippen LogP contribution in [0.2, 0.25) is 10.0 Å². The van der Waals surface area contributed by atoms with Gasteiger partial charge < -0.3 is 10.2 Å². The number of carbonyl (C=O) groups excluding carboxylic acids is 2. The summed E-state index contributed by atoms with van der Waals surface area (Å²) in [4.78, 5) is 32.0. The molecule has 32 heavy (non-hydrogen) atoms. The van der Waals surface area contributed by atoms with E-state index >= 15 is 0 Å². The first kappa shape index (κ1) is 22.2. The predicted molar refractivity (Wildman–Crippen MR) is 123 cm³/mol. The molecule has 0 saturated heterocycles. The molecule has 164 valence electrons. The number of aromatic nitrogens is 1. The second-order valence-corrected chi connectivity index (χ2v) is 8.35. The number of anilines is 1. The quantitative estimate of drug-likeness (QED) is 0.537. The number of aryl methyl sites for hydroxylation is 1. The maximum Gasteiger partial charge on any atom is 0.259 e. The highest BCUT2D eigenvalue weighted by molar-refractivity contribution is 6.44. The molecule has 0 saturated carbocycles. The lowest BCUT2D eigenvalue weighted by Gasteiger charge is -2.30. The van der Waals surface area contributed by atoms with E-state index in [2.05, 4.69) is 5.32 Å². The third-order valence-electron chi connectivity index (χ3n) is 5.38. The summed E-state index contributed by atoms with van der Waals surface area (Å²) >= 11 is 12.3. The van der Waals surface area contributed by atoms with E-state index in [1.165, 1.54) is 24.3 Å². The molecule has 0 fully saturated rings. The number of fused-ring (bicyclic) bond motifs is 1. The van der Waals surface area contributed by atoms with Crippen molar-refractivity contribution in [1.82, 2.24) is 10.3 Å². The lowest BCUT2D eigenvalue weighted by atomic mass is 10.0.